The number of hydrogen-bond donors (Lipinski definition) is 4. The molecule has 2 rings (SSSR count). The van der Waals surface area contributed by atoms with Crippen molar-refractivity contribution in [3.8, 4) is 0 Å². The summed E-state index contributed by atoms with van der Waals surface area (Å²) in [5, 5.41) is 28.8. The van der Waals surface area contributed by atoms with Gasteiger partial charge in [-0.25, -0.2) is 0 Å². The Kier molecular flexibility index (Phi) is 3.92. The molecule has 2 unspecified atom stereocenters. The molecule has 6 atom stereocenters. The molecule has 0 radical (unpaired) electrons. The van der Waals surface area contributed by atoms with E-state index < -0.39 is 31.6 Å². The van der Waals surface area contributed by atoms with E-state index in [-0.39, 0.29) is 12.5 Å². The Labute approximate surface area is 99.8 Å². The second-order valence-electron chi connectivity index (χ2n) is 4.96. The van der Waals surface area contributed by atoms with Gasteiger partial charge in [0.2, 0.25) is 0 Å². The minimum Gasteiger partial charge on any atom is -0.390 e. The lowest BCUT2D eigenvalue weighted by Crippen LogP contribution is -2.47. The van der Waals surface area contributed by atoms with Crippen molar-refractivity contribution in [1.29, 1.82) is 0 Å². The van der Waals surface area contributed by atoms with Crippen LogP contribution in [-0.2, 0) is 9.09 Å². The average Bonchev–Trinajstić information content (AvgIpc) is 2.59. The summed E-state index contributed by atoms with van der Waals surface area (Å²) in [6.45, 7) is 0.270. The van der Waals surface area contributed by atoms with Crippen molar-refractivity contribution in [3.05, 3.63) is 0 Å². The van der Waals surface area contributed by atoms with Crippen LogP contribution in [0.5, 0.6) is 0 Å². The van der Waals surface area contributed by atoms with Gasteiger partial charge in [-0.2, -0.15) is 0 Å². The number of aliphatic hydroxyl groups excluding tert-OH is 3. The van der Waals surface area contributed by atoms with E-state index in [0.717, 1.165) is 0 Å². The number of aliphatic hydroxyl groups is 3. The van der Waals surface area contributed by atoms with Crippen molar-refractivity contribution in [2.45, 2.75) is 49.7 Å². The van der Waals surface area contributed by atoms with Crippen molar-refractivity contribution in [3.63, 3.8) is 0 Å². The maximum absolute atomic E-state index is 11.6. The highest BCUT2D eigenvalue weighted by molar-refractivity contribution is 7.53. The van der Waals surface area contributed by atoms with Crippen LogP contribution >= 0.6 is 7.60 Å². The van der Waals surface area contributed by atoms with E-state index in [4.69, 9.17) is 4.52 Å². The van der Waals surface area contributed by atoms with Crippen LogP contribution in [0.4, 0.5) is 0 Å². The van der Waals surface area contributed by atoms with E-state index >= 15 is 0 Å². The van der Waals surface area contributed by atoms with E-state index in [1.54, 1.807) is 0 Å². The van der Waals surface area contributed by atoms with Crippen LogP contribution in [0.2, 0.25) is 0 Å². The molecule has 4 N–H and O–H groups in total. The molecule has 0 aromatic carbocycles. The van der Waals surface area contributed by atoms with E-state index in [1.807, 2.05) is 0 Å². The number of rotatable bonds is 2. The molecule has 0 bridgehead atoms. The van der Waals surface area contributed by atoms with E-state index in [2.05, 4.69) is 0 Å². The molecular formula is C10H19O6P. The molecule has 0 amide bonds. The molecule has 1 saturated carbocycles. The zero-order chi connectivity index (χ0) is 12.6. The van der Waals surface area contributed by atoms with Crippen LogP contribution in [0.1, 0.15) is 25.7 Å². The van der Waals surface area contributed by atoms with Crippen LogP contribution in [-0.4, -0.2) is 50.8 Å². The highest BCUT2D eigenvalue weighted by Gasteiger charge is 2.43. The molecule has 1 heterocycles. The largest absolute Gasteiger partial charge is 0.390 e. The summed E-state index contributed by atoms with van der Waals surface area (Å²) >= 11 is 0. The first-order valence-corrected chi connectivity index (χ1v) is 7.57. The molecule has 7 heteroatoms. The summed E-state index contributed by atoms with van der Waals surface area (Å²) in [7, 11) is -3.54. The predicted octanol–water partition coefficient (Wildman–Crippen LogP) is -0.156. The molecule has 6 nitrogen and oxygen atoms in total. The molecule has 1 aliphatic heterocycles. The van der Waals surface area contributed by atoms with Gasteiger partial charge in [0, 0.05) is 0 Å². The molecule has 0 spiro atoms. The highest BCUT2D eigenvalue weighted by Crippen LogP contribution is 2.56. The smallest absolute Gasteiger partial charge is 0.331 e. The average molecular weight is 266 g/mol. The predicted molar refractivity (Wildman–Crippen MR) is 59.5 cm³/mol. The minimum atomic E-state index is -3.54. The van der Waals surface area contributed by atoms with Gasteiger partial charge in [0.05, 0.1) is 24.5 Å². The monoisotopic (exact) mass is 266 g/mol. The van der Waals surface area contributed by atoms with Gasteiger partial charge in [-0.15, -0.1) is 0 Å². The lowest BCUT2D eigenvalue weighted by Gasteiger charge is -2.36. The van der Waals surface area contributed by atoms with Crippen molar-refractivity contribution in [1.82, 2.24) is 0 Å². The highest BCUT2D eigenvalue weighted by atomic mass is 31.2. The maximum Gasteiger partial charge on any atom is 0.331 e. The maximum atomic E-state index is 11.6. The van der Waals surface area contributed by atoms with E-state index in [9.17, 15) is 24.8 Å². The lowest BCUT2D eigenvalue weighted by molar-refractivity contribution is -0.111. The molecule has 100 valence electrons. The first kappa shape index (κ1) is 13.5. The number of hydrogen-bond acceptors (Lipinski definition) is 5. The molecule has 1 saturated heterocycles. The third-order valence-corrected chi connectivity index (χ3v) is 5.77. The molecule has 2 fully saturated rings. The van der Waals surface area contributed by atoms with Gasteiger partial charge in [-0.05, 0) is 31.6 Å². The summed E-state index contributed by atoms with van der Waals surface area (Å²) in [6.07, 6.45) is -1.26. The Hall–Kier alpha value is 0.0300. The molecule has 1 aliphatic carbocycles. The summed E-state index contributed by atoms with van der Waals surface area (Å²) < 4.78 is 16.4. The van der Waals surface area contributed by atoms with Gasteiger partial charge >= 0.3 is 7.60 Å². The fraction of sp³-hybridized carbons (Fsp3) is 1.00. The van der Waals surface area contributed by atoms with Crippen molar-refractivity contribution >= 4 is 7.60 Å². The minimum absolute atomic E-state index is 0.249. The quantitative estimate of drug-likeness (QED) is 0.517. The molecular weight excluding hydrogens is 247 g/mol. The SMILES string of the molecule is O=P1(O)OCCC1C[C@H]1CC[C@@H](O)[C@@H](O)[C@@H]1O. The van der Waals surface area contributed by atoms with Crippen LogP contribution in [0.15, 0.2) is 0 Å². The van der Waals surface area contributed by atoms with Gasteiger partial charge in [-0.1, -0.05) is 0 Å². The zero-order valence-electron chi connectivity index (χ0n) is 9.47. The van der Waals surface area contributed by atoms with E-state index in [0.29, 0.717) is 25.7 Å². The Morgan fingerprint density at radius 1 is 1.12 bits per heavy atom. The van der Waals surface area contributed by atoms with Gasteiger partial charge in [0.15, 0.2) is 0 Å². The van der Waals surface area contributed by atoms with Gasteiger partial charge in [0.1, 0.15) is 6.10 Å². The summed E-state index contributed by atoms with van der Waals surface area (Å²) in [6, 6.07) is 0. The Morgan fingerprint density at radius 2 is 1.82 bits per heavy atom. The normalized spacial score (nSPS) is 51.6. The molecule has 2 aliphatic rings. The Morgan fingerprint density at radius 3 is 2.41 bits per heavy atom. The second-order valence-corrected chi connectivity index (χ2v) is 7.08. The van der Waals surface area contributed by atoms with Crippen molar-refractivity contribution in [2.75, 3.05) is 6.61 Å². The van der Waals surface area contributed by atoms with Crippen molar-refractivity contribution < 1.29 is 29.3 Å². The van der Waals surface area contributed by atoms with Crippen LogP contribution in [0.25, 0.3) is 0 Å². The topological polar surface area (TPSA) is 107 Å². The Balaban J connectivity index is 1.97. The third kappa shape index (κ3) is 2.72. The van der Waals surface area contributed by atoms with Gasteiger partial charge in [0.25, 0.3) is 0 Å². The van der Waals surface area contributed by atoms with Crippen LogP contribution < -0.4 is 0 Å². The second kappa shape index (κ2) is 4.96. The first-order valence-electron chi connectivity index (χ1n) is 5.93. The third-order valence-electron chi connectivity index (χ3n) is 3.82. The van der Waals surface area contributed by atoms with E-state index in [1.165, 1.54) is 0 Å². The summed E-state index contributed by atoms with van der Waals surface area (Å²) in [5.74, 6) is -0.249. The summed E-state index contributed by atoms with van der Waals surface area (Å²) in [4.78, 5) is 9.53. The fourth-order valence-corrected chi connectivity index (χ4v) is 4.23. The first-order chi connectivity index (χ1) is 7.92. The summed E-state index contributed by atoms with van der Waals surface area (Å²) in [5.41, 5.74) is -0.454. The molecule has 17 heavy (non-hydrogen) atoms. The fourth-order valence-electron chi connectivity index (χ4n) is 2.68. The molecule has 0 aromatic rings. The van der Waals surface area contributed by atoms with Crippen LogP contribution in [0.3, 0.4) is 0 Å². The lowest BCUT2D eigenvalue weighted by atomic mass is 9.80. The molecule has 0 aromatic heterocycles. The van der Waals surface area contributed by atoms with Crippen molar-refractivity contribution in [2.24, 2.45) is 5.92 Å². The Bertz CT molecular complexity index is 322. The van der Waals surface area contributed by atoms with Gasteiger partial charge in [-0.3, -0.25) is 4.57 Å². The van der Waals surface area contributed by atoms with Crippen LogP contribution in [0, 0.1) is 5.92 Å². The van der Waals surface area contributed by atoms with Gasteiger partial charge < -0.3 is 24.7 Å². The zero-order valence-corrected chi connectivity index (χ0v) is 10.4. The standard InChI is InChI=1S/C10H19O6P/c11-8-2-1-6(9(12)10(8)13)5-7-3-4-16-17(7,14)15/h6-13H,1-5H2,(H,14,15)/t6-,7?,8-,9-,10-/m1/s1.